The Bertz CT molecular complexity index is 2160. The number of rotatable bonds is 2. The summed E-state index contributed by atoms with van der Waals surface area (Å²) in [4.78, 5) is 19.3. The van der Waals surface area contributed by atoms with Crippen molar-refractivity contribution >= 4 is 54.5 Å². The Morgan fingerprint density at radius 1 is 0.514 bits per heavy atom. The van der Waals surface area contributed by atoms with Crippen molar-refractivity contribution in [3.05, 3.63) is 116 Å². The molecule has 172 valence electrons. The molecule has 8 rings (SSSR count). The molecule has 5 heteroatoms. The molecule has 0 N–H and O–H groups in total. The van der Waals surface area contributed by atoms with Crippen molar-refractivity contribution in [2.75, 3.05) is 0 Å². The molecule has 0 aliphatic carbocycles. The zero-order valence-corrected chi connectivity index (χ0v) is 19.7. The van der Waals surface area contributed by atoms with Gasteiger partial charge in [-0.1, -0.05) is 78.9 Å². The minimum atomic E-state index is 0.572. The number of aromatic nitrogens is 5. The number of nitrogens with zero attached hydrogens (tertiary/aromatic N) is 5. The van der Waals surface area contributed by atoms with Crippen LogP contribution in [0.2, 0.25) is 0 Å². The van der Waals surface area contributed by atoms with Crippen molar-refractivity contribution in [2.24, 2.45) is 0 Å². The molecule has 0 saturated carbocycles. The fourth-order valence-electron chi connectivity index (χ4n) is 5.36. The summed E-state index contributed by atoms with van der Waals surface area (Å²) >= 11 is 0. The lowest BCUT2D eigenvalue weighted by atomic mass is 10.0. The summed E-state index contributed by atoms with van der Waals surface area (Å²) in [6.07, 6.45) is 3.38. The molecule has 0 atom stereocenters. The Kier molecular flexibility index (Phi) is 4.16. The van der Waals surface area contributed by atoms with Crippen LogP contribution in [0, 0.1) is 0 Å². The third-order valence-corrected chi connectivity index (χ3v) is 7.08. The smallest absolute Gasteiger partial charge is 0.237 e. The topological polar surface area (TPSA) is 56.5 Å². The molecule has 0 fully saturated rings. The second kappa shape index (κ2) is 7.67. The third-order valence-electron chi connectivity index (χ3n) is 7.08. The van der Waals surface area contributed by atoms with Gasteiger partial charge in [0.1, 0.15) is 11.2 Å². The molecule has 37 heavy (non-hydrogen) atoms. The van der Waals surface area contributed by atoms with E-state index in [-0.39, 0.29) is 0 Å². The summed E-state index contributed by atoms with van der Waals surface area (Å²) in [6.45, 7) is 0. The average Bonchev–Trinajstić information content (AvgIpc) is 3.28. The monoisotopic (exact) mass is 473 g/mol. The molecule has 5 nitrogen and oxygen atoms in total. The molecule has 0 aliphatic heterocycles. The van der Waals surface area contributed by atoms with Crippen LogP contribution in [-0.4, -0.2) is 24.5 Å². The van der Waals surface area contributed by atoms with E-state index < -0.39 is 0 Å². The molecule has 0 aliphatic rings. The standard InChI is InChI=1S/C32H19N5/c1-2-8-21-17-24(14-13-20(21)7-1)29-30-31(34-16-15-33-30)36-32(35-29)37-27-12-6-5-11-25(27)26-18-22-9-3-4-10-23(22)19-28(26)37/h1-19H. The molecule has 0 unspecified atom stereocenters. The molecule has 0 bridgehead atoms. The van der Waals surface area contributed by atoms with Crippen LogP contribution in [0.5, 0.6) is 0 Å². The van der Waals surface area contributed by atoms with Gasteiger partial charge < -0.3 is 0 Å². The van der Waals surface area contributed by atoms with Crippen molar-refractivity contribution in [1.82, 2.24) is 24.5 Å². The fraction of sp³-hybridized carbons (Fsp3) is 0. The Labute approximate surface area is 211 Å². The van der Waals surface area contributed by atoms with Gasteiger partial charge in [0.25, 0.3) is 0 Å². The summed E-state index contributed by atoms with van der Waals surface area (Å²) in [5.41, 5.74) is 5.13. The number of fused-ring (bicyclic) bond motifs is 6. The zero-order chi connectivity index (χ0) is 24.3. The Balaban J connectivity index is 1.48. The van der Waals surface area contributed by atoms with E-state index in [9.17, 15) is 0 Å². The van der Waals surface area contributed by atoms with E-state index in [1.807, 2.05) is 0 Å². The van der Waals surface area contributed by atoms with Crippen molar-refractivity contribution in [2.45, 2.75) is 0 Å². The van der Waals surface area contributed by atoms with Crippen LogP contribution in [0.3, 0.4) is 0 Å². The predicted molar refractivity (Wildman–Crippen MR) is 150 cm³/mol. The minimum Gasteiger partial charge on any atom is -0.278 e. The summed E-state index contributed by atoms with van der Waals surface area (Å²) in [5.74, 6) is 0.581. The molecule has 8 aromatic rings. The molecular weight excluding hydrogens is 454 g/mol. The lowest BCUT2D eigenvalue weighted by Gasteiger charge is -2.11. The van der Waals surface area contributed by atoms with Gasteiger partial charge in [-0.25, -0.2) is 15.0 Å². The maximum atomic E-state index is 5.15. The molecule has 0 amide bonds. The number of hydrogen-bond donors (Lipinski definition) is 0. The van der Waals surface area contributed by atoms with Gasteiger partial charge in [-0.2, -0.15) is 4.98 Å². The number of hydrogen-bond acceptors (Lipinski definition) is 4. The first kappa shape index (κ1) is 20.1. The maximum absolute atomic E-state index is 5.15. The molecule has 0 spiro atoms. The van der Waals surface area contributed by atoms with Crippen molar-refractivity contribution < 1.29 is 0 Å². The van der Waals surface area contributed by atoms with Gasteiger partial charge in [-0.15, -0.1) is 0 Å². The maximum Gasteiger partial charge on any atom is 0.237 e. The first-order chi connectivity index (χ1) is 18.3. The first-order valence-electron chi connectivity index (χ1n) is 12.2. The van der Waals surface area contributed by atoms with Crippen LogP contribution >= 0.6 is 0 Å². The van der Waals surface area contributed by atoms with Crippen LogP contribution < -0.4 is 0 Å². The van der Waals surface area contributed by atoms with Crippen molar-refractivity contribution in [1.29, 1.82) is 0 Å². The van der Waals surface area contributed by atoms with E-state index in [4.69, 9.17) is 9.97 Å². The van der Waals surface area contributed by atoms with Gasteiger partial charge in [0.2, 0.25) is 5.95 Å². The molecule has 5 aromatic carbocycles. The van der Waals surface area contributed by atoms with Crippen LogP contribution in [-0.2, 0) is 0 Å². The van der Waals surface area contributed by atoms with Gasteiger partial charge >= 0.3 is 0 Å². The highest BCUT2D eigenvalue weighted by atomic mass is 15.2. The lowest BCUT2D eigenvalue weighted by molar-refractivity contribution is 0.999. The number of para-hydroxylation sites is 1. The second-order valence-corrected chi connectivity index (χ2v) is 9.23. The Morgan fingerprint density at radius 2 is 1.22 bits per heavy atom. The average molecular weight is 474 g/mol. The molecular formula is C32H19N5. The fourth-order valence-corrected chi connectivity index (χ4v) is 5.36. The second-order valence-electron chi connectivity index (χ2n) is 9.23. The highest BCUT2D eigenvalue weighted by Gasteiger charge is 2.18. The van der Waals surface area contributed by atoms with E-state index in [1.165, 1.54) is 26.9 Å². The van der Waals surface area contributed by atoms with Gasteiger partial charge in [0.15, 0.2) is 5.65 Å². The lowest BCUT2D eigenvalue weighted by Crippen LogP contribution is -2.05. The Morgan fingerprint density at radius 3 is 2.08 bits per heavy atom. The first-order valence-corrected chi connectivity index (χ1v) is 12.2. The normalized spacial score (nSPS) is 11.8. The van der Waals surface area contributed by atoms with E-state index >= 15 is 0 Å². The van der Waals surface area contributed by atoms with E-state index in [0.717, 1.165) is 27.7 Å². The van der Waals surface area contributed by atoms with Gasteiger partial charge in [-0.3, -0.25) is 4.57 Å². The largest absolute Gasteiger partial charge is 0.278 e. The van der Waals surface area contributed by atoms with Gasteiger partial charge in [-0.05, 0) is 45.8 Å². The SMILES string of the molecule is c1ccc2cc(-c3nc(-n4c5ccccc5c5cc6ccccc6cc54)nc4nccnc34)ccc2c1. The third kappa shape index (κ3) is 3.04. The van der Waals surface area contributed by atoms with Gasteiger partial charge in [0.05, 0.1) is 11.0 Å². The molecule has 3 heterocycles. The van der Waals surface area contributed by atoms with E-state index in [0.29, 0.717) is 17.1 Å². The predicted octanol–water partition coefficient (Wildman–Crippen LogP) is 7.49. The highest BCUT2D eigenvalue weighted by Crippen LogP contribution is 2.35. The van der Waals surface area contributed by atoms with E-state index in [2.05, 4.69) is 118 Å². The van der Waals surface area contributed by atoms with Crippen molar-refractivity contribution in [3.8, 4) is 17.2 Å². The molecule has 0 saturated heterocycles. The van der Waals surface area contributed by atoms with Gasteiger partial charge in [0, 0.05) is 28.7 Å². The Hall–Kier alpha value is -5.16. The van der Waals surface area contributed by atoms with Crippen LogP contribution in [0.15, 0.2) is 116 Å². The number of benzene rings is 5. The van der Waals surface area contributed by atoms with Crippen LogP contribution in [0.25, 0.3) is 71.7 Å². The van der Waals surface area contributed by atoms with Crippen molar-refractivity contribution in [3.63, 3.8) is 0 Å². The molecule has 0 radical (unpaired) electrons. The summed E-state index contributed by atoms with van der Waals surface area (Å²) < 4.78 is 2.15. The highest BCUT2D eigenvalue weighted by molar-refractivity contribution is 6.13. The summed E-state index contributed by atoms with van der Waals surface area (Å²) in [7, 11) is 0. The molecule has 3 aromatic heterocycles. The summed E-state index contributed by atoms with van der Waals surface area (Å²) in [6, 6.07) is 36.1. The minimum absolute atomic E-state index is 0.572. The summed E-state index contributed by atoms with van der Waals surface area (Å²) in [5, 5.41) is 7.06. The van der Waals surface area contributed by atoms with Crippen LogP contribution in [0.1, 0.15) is 0 Å². The van der Waals surface area contributed by atoms with Crippen LogP contribution in [0.4, 0.5) is 0 Å². The zero-order valence-electron chi connectivity index (χ0n) is 19.7. The quantitative estimate of drug-likeness (QED) is 0.261. The van der Waals surface area contributed by atoms with E-state index in [1.54, 1.807) is 12.4 Å².